The van der Waals surface area contributed by atoms with Gasteiger partial charge in [-0.25, -0.2) is 4.39 Å². The maximum Gasteiger partial charge on any atom is 0.235 e. The Morgan fingerprint density at radius 3 is 2.58 bits per heavy atom. The first-order valence-electron chi connectivity index (χ1n) is 8.70. The Kier molecular flexibility index (Phi) is 5.26. The molecule has 5 heteroatoms. The zero-order valence-electron chi connectivity index (χ0n) is 15.1. The van der Waals surface area contributed by atoms with Crippen molar-refractivity contribution < 1.29 is 18.3 Å². The largest absolute Gasteiger partial charge is 0.493 e. The van der Waals surface area contributed by atoms with Gasteiger partial charge in [0.15, 0.2) is 11.6 Å². The summed E-state index contributed by atoms with van der Waals surface area (Å²) in [5.41, 5.74) is 1.01. The molecule has 0 unspecified atom stereocenters. The maximum absolute atomic E-state index is 13.9. The van der Waals surface area contributed by atoms with Crippen LogP contribution in [-0.2, 0) is 6.42 Å². The van der Waals surface area contributed by atoms with E-state index < -0.39 is 5.82 Å². The van der Waals surface area contributed by atoms with Gasteiger partial charge in [-0.3, -0.25) is 4.79 Å². The predicted octanol–water partition coefficient (Wildman–Crippen LogP) is 5.38. The van der Waals surface area contributed by atoms with Gasteiger partial charge in [0.05, 0.1) is 12.0 Å². The minimum Gasteiger partial charge on any atom is -0.493 e. The molecule has 2 aromatic carbocycles. The summed E-state index contributed by atoms with van der Waals surface area (Å²) in [7, 11) is 0. The van der Waals surface area contributed by atoms with Crippen molar-refractivity contribution in [2.24, 2.45) is 0 Å². The van der Waals surface area contributed by atoms with E-state index in [-0.39, 0.29) is 22.7 Å². The summed E-state index contributed by atoms with van der Waals surface area (Å²) < 4.78 is 30.9. The van der Waals surface area contributed by atoms with Crippen LogP contribution >= 0.6 is 0 Å². The Morgan fingerprint density at radius 2 is 1.88 bits per heavy atom. The number of ether oxygens (including phenoxy) is 2. The Balaban J connectivity index is 2.12. The van der Waals surface area contributed by atoms with E-state index in [1.54, 1.807) is 31.2 Å². The normalized spacial score (nSPS) is 10.9. The smallest absolute Gasteiger partial charge is 0.235 e. The molecule has 3 rings (SSSR count). The van der Waals surface area contributed by atoms with Crippen LogP contribution in [0.25, 0.3) is 11.0 Å². The third kappa shape index (κ3) is 3.43. The van der Waals surface area contributed by atoms with E-state index >= 15 is 0 Å². The highest BCUT2D eigenvalue weighted by atomic mass is 19.1. The molecule has 136 valence electrons. The fourth-order valence-electron chi connectivity index (χ4n) is 2.74. The lowest BCUT2D eigenvalue weighted by molar-refractivity contribution is 0.314. The van der Waals surface area contributed by atoms with Gasteiger partial charge < -0.3 is 13.9 Å². The number of para-hydroxylation sites is 1. The van der Waals surface area contributed by atoms with Crippen LogP contribution < -0.4 is 14.9 Å². The van der Waals surface area contributed by atoms with Gasteiger partial charge in [-0.2, -0.15) is 0 Å². The molecule has 0 aliphatic rings. The second kappa shape index (κ2) is 7.60. The van der Waals surface area contributed by atoms with Crippen molar-refractivity contribution >= 4 is 11.0 Å². The Labute approximate surface area is 151 Å². The van der Waals surface area contributed by atoms with Crippen molar-refractivity contribution in [3.05, 3.63) is 63.8 Å². The van der Waals surface area contributed by atoms with Crippen LogP contribution in [0.5, 0.6) is 17.2 Å². The third-order valence-corrected chi connectivity index (χ3v) is 4.09. The van der Waals surface area contributed by atoms with E-state index in [0.717, 1.165) is 12.0 Å². The molecule has 0 bridgehead atoms. The van der Waals surface area contributed by atoms with Crippen molar-refractivity contribution in [2.75, 3.05) is 6.61 Å². The third-order valence-electron chi connectivity index (χ3n) is 4.09. The van der Waals surface area contributed by atoms with Crippen molar-refractivity contribution in [1.29, 1.82) is 0 Å². The number of benzene rings is 2. The molecule has 0 radical (unpaired) electrons. The fourth-order valence-corrected chi connectivity index (χ4v) is 2.74. The SMILES string of the molecule is CCCOc1cc2oc(C)c(Oc3ccccc3F)c(=O)c2cc1CC. The molecule has 0 fully saturated rings. The average molecular weight is 356 g/mol. The number of hydrogen-bond donors (Lipinski definition) is 0. The minimum absolute atomic E-state index is 0.00752. The molecule has 0 atom stereocenters. The summed E-state index contributed by atoms with van der Waals surface area (Å²) in [5, 5.41) is 0.391. The van der Waals surface area contributed by atoms with E-state index in [0.29, 0.717) is 29.7 Å². The van der Waals surface area contributed by atoms with Crippen LogP contribution in [0, 0.1) is 12.7 Å². The van der Waals surface area contributed by atoms with Gasteiger partial charge >= 0.3 is 0 Å². The molecule has 0 N–H and O–H groups in total. The van der Waals surface area contributed by atoms with Gasteiger partial charge in [0, 0.05) is 6.07 Å². The minimum atomic E-state index is -0.538. The van der Waals surface area contributed by atoms with Crippen LogP contribution in [0.3, 0.4) is 0 Å². The van der Waals surface area contributed by atoms with Crippen molar-refractivity contribution in [1.82, 2.24) is 0 Å². The molecular weight excluding hydrogens is 335 g/mol. The summed E-state index contributed by atoms with van der Waals surface area (Å²) in [6.45, 7) is 6.24. The fraction of sp³-hybridized carbons (Fsp3) is 0.286. The Hall–Kier alpha value is -2.82. The molecule has 0 saturated carbocycles. The Bertz CT molecular complexity index is 991. The van der Waals surface area contributed by atoms with E-state index in [9.17, 15) is 9.18 Å². The molecule has 4 nitrogen and oxygen atoms in total. The molecule has 0 saturated heterocycles. The topological polar surface area (TPSA) is 48.7 Å². The highest BCUT2D eigenvalue weighted by molar-refractivity contribution is 5.81. The summed E-state index contributed by atoms with van der Waals surface area (Å²) in [6.07, 6.45) is 1.60. The van der Waals surface area contributed by atoms with Gasteiger partial charge in [-0.05, 0) is 43.5 Å². The van der Waals surface area contributed by atoms with Crippen LogP contribution in [0.4, 0.5) is 4.39 Å². The summed E-state index contributed by atoms with van der Waals surface area (Å²) in [5.74, 6) is 0.445. The molecule has 1 aromatic heterocycles. The molecular formula is C21H21FO4. The number of aryl methyl sites for hydroxylation is 2. The first-order valence-corrected chi connectivity index (χ1v) is 8.70. The Morgan fingerprint density at radius 1 is 1.12 bits per heavy atom. The van der Waals surface area contributed by atoms with Gasteiger partial charge in [-0.1, -0.05) is 26.0 Å². The standard InChI is InChI=1S/C21H21FO4/c1-4-10-24-18-12-19-15(11-14(18)5-2)20(23)21(13(3)25-19)26-17-9-7-6-8-16(17)22/h6-9,11-12H,4-5,10H2,1-3H3. The van der Waals surface area contributed by atoms with Crippen molar-refractivity contribution in [2.45, 2.75) is 33.6 Å². The van der Waals surface area contributed by atoms with Gasteiger partial charge in [0.1, 0.15) is 17.1 Å². The summed E-state index contributed by atoms with van der Waals surface area (Å²) >= 11 is 0. The maximum atomic E-state index is 13.9. The monoisotopic (exact) mass is 356 g/mol. The van der Waals surface area contributed by atoms with Gasteiger partial charge in [0.2, 0.25) is 11.2 Å². The zero-order valence-corrected chi connectivity index (χ0v) is 15.1. The molecule has 26 heavy (non-hydrogen) atoms. The number of hydrogen-bond acceptors (Lipinski definition) is 4. The zero-order chi connectivity index (χ0) is 18.7. The molecule has 0 amide bonds. The van der Waals surface area contributed by atoms with Gasteiger partial charge in [0.25, 0.3) is 0 Å². The predicted molar refractivity (Wildman–Crippen MR) is 98.9 cm³/mol. The number of halogens is 1. The lowest BCUT2D eigenvalue weighted by Gasteiger charge is -2.13. The first kappa shape index (κ1) is 18.0. The van der Waals surface area contributed by atoms with Gasteiger partial charge in [-0.15, -0.1) is 0 Å². The average Bonchev–Trinajstić information content (AvgIpc) is 2.64. The lowest BCUT2D eigenvalue weighted by Crippen LogP contribution is -2.09. The van der Waals surface area contributed by atoms with E-state index in [1.165, 1.54) is 12.1 Å². The lowest BCUT2D eigenvalue weighted by atomic mass is 10.1. The molecule has 0 aliphatic carbocycles. The summed E-state index contributed by atoms with van der Waals surface area (Å²) in [6, 6.07) is 9.45. The van der Waals surface area contributed by atoms with Crippen LogP contribution in [-0.4, -0.2) is 6.61 Å². The van der Waals surface area contributed by atoms with Crippen molar-refractivity contribution in [3.8, 4) is 17.2 Å². The van der Waals surface area contributed by atoms with Crippen LogP contribution in [0.15, 0.2) is 45.6 Å². The van der Waals surface area contributed by atoms with E-state index in [1.807, 2.05) is 13.8 Å². The molecule has 0 spiro atoms. The molecule has 0 aliphatic heterocycles. The summed E-state index contributed by atoms with van der Waals surface area (Å²) in [4.78, 5) is 12.9. The molecule has 3 aromatic rings. The highest BCUT2D eigenvalue weighted by Gasteiger charge is 2.17. The second-order valence-corrected chi connectivity index (χ2v) is 6.01. The van der Waals surface area contributed by atoms with Crippen molar-refractivity contribution in [3.63, 3.8) is 0 Å². The van der Waals surface area contributed by atoms with Crippen LogP contribution in [0.1, 0.15) is 31.6 Å². The number of fused-ring (bicyclic) bond motifs is 1. The highest BCUT2D eigenvalue weighted by Crippen LogP contribution is 2.30. The quantitative estimate of drug-likeness (QED) is 0.595. The van der Waals surface area contributed by atoms with Crippen LogP contribution in [0.2, 0.25) is 0 Å². The van der Waals surface area contributed by atoms with E-state index in [4.69, 9.17) is 13.9 Å². The first-order chi connectivity index (χ1) is 12.5. The number of rotatable bonds is 6. The second-order valence-electron chi connectivity index (χ2n) is 6.01. The molecule has 1 heterocycles. The van der Waals surface area contributed by atoms with E-state index in [2.05, 4.69) is 0 Å².